The van der Waals surface area contributed by atoms with E-state index in [9.17, 15) is 4.79 Å². The van der Waals surface area contributed by atoms with Crippen LogP contribution in [0.4, 0.5) is 0 Å². The lowest BCUT2D eigenvalue weighted by Gasteiger charge is -2.14. The number of amides is 1. The first-order chi connectivity index (χ1) is 14.9. The molecule has 0 fully saturated rings. The van der Waals surface area contributed by atoms with Crippen LogP contribution in [0.2, 0.25) is 0 Å². The van der Waals surface area contributed by atoms with Crippen LogP contribution in [0.15, 0.2) is 47.5 Å². The molecule has 0 saturated carbocycles. The van der Waals surface area contributed by atoms with Crippen LogP contribution in [0.25, 0.3) is 0 Å². The predicted molar refractivity (Wildman–Crippen MR) is 127 cm³/mol. The normalized spacial score (nSPS) is 11.4. The van der Waals surface area contributed by atoms with Crippen molar-refractivity contribution in [3.05, 3.63) is 64.7 Å². The summed E-state index contributed by atoms with van der Waals surface area (Å²) >= 11 is 0. The van der Waals surface area contributed by atoms with E-state index in [-0.39, 0.29) is 5.91 Å². The zero-order valence-corrected chi connectivity index (χ0v) is 19.3. The number of ether oxygens (including phenoxy) is 1. The highest BCUT2D eigenvalue weighted by molar-refractivity contribution is 5.94. The highest BCUT2D eigenvalue weighted by Gasteiger charge is 2.07. The van der Waals surface area contributed by atoms with E-state index >= 15 is 0 Å². The quantitative estimate of drug-likeness (QED) is 0.402. The molecule has 0 aliphatic rings. The van der Waals surface area contributed by atoms with E-state index < -0.39 is 0 Å². The van der Waals surface area contributed by atoms with Crippen molar-refractivity contribution in [2.75, 3.05) is 47.9 Å². The summed E-state index contributed by atoms with van der Waals surface area (Å²) in [6.07, 6.45) is 0.828. The molecule has 168 valence electrons. The van der Waals surface area contributed by atoms with Crippen molar-refractivity contribution in [2.24, 2.45) is 4.99 Å². The minimum atomic E-state index is -0.0571. The molecule has 0 aliphatic heterocycles. The maximum absolute atomic E-state index is 12.3. The van der Waals surface area contributed by atoms with Crippen LogP contribution >= 0.6 is 0 Å². The molecule has 0 spiro atoms. The van der Waals surface area contributed by atoms with Gasteiger partial charge in [0.1, 0.15) is 5.75 Å². The molecule has 0 radical (unpaired) electrons. The molecule has 1 amide bonds. The van der Waals surface area contributed by atoms with Crippen molar-refractivity contribution >= 4 is 11.9 Å². The van der Waals surface area contributed by atoms with Gasteiger partial charge in [0.15, 0.2) is 5.96 Å². The van der Waals surface area contributed by atoms with Crippen molar-refractivity contribution in [1.29, 1.82) is 0 Å². The largest absolute Gasteiger partial charge is 0.496 e. The zero-order chi connectivity index (χ0) is 22.6. The number of guanidine groups is 1. The van der Waals surface area contributed by atoms with E-state index in [4.69, 9.17) is 4.74 Å². The van der Waals surface area contributed by atoms with Crippen molar-refractivity contribution < 1.29 is 9.53 Å². The van der Waals surface area contributed by atoms with E-state index in [1.54, 1.807) is 14.2 Å². The Morgan fingerprint density at radius 3 is 2.58 bits per heavy atom. The van der Waals surface area contributed by atoms with Gasteiger partial charge in [0.05, 0.1) is 7.11 Å². The Balaban J connectivity index is 1.84. The topological polar surface area (TPSA) is 78.0 Å². The van der Waals surface area contributed by atoms with Gasteiger partial charge in [-0.05, 0) is 56.8 Å². The lowest BCUT2D eigenvalue weighted by Crippen LogP contribution is -2.38. The van der Waals surface area contributed by atoms with Crippen LogP contribution in [0.5, 0.6) is 5.75 Å². The van der Waals surface area contributed by atoms with Gasteiger partial charge in [-0.15, -0.1) is 0 Å². The molecule has 7 heteroatoms. The number of nitrogens with zero attached hydrogens (tertiary/aromatic N) is 2. The number of likely N-dealkylation sites (N-methyl/N-ethyl adjacent to an activating group) is 1. The van der Waals surface area contributed by atoms with Gasteiger partial charge in [-0.2, -0.15) is 0 Å². The van der Waals surface area contributed by atoms with Crippen LogP contribution in [0.1, 0.15) is 27.0 Å². The summed E-state index contributed by atoms with van der Waals surface area (Å²) < 4.78 is 5.45. The second-order valence-electron chi connectivity index (χ2n) is 7.68. The Morgan fingerprint density at radius 1 is 1.06 bits per heavy atom. The summed E-state index contributed by atoms with van der Waals surface area (Å²) in [4.78, 5) is 18.7. The van der Waals surface area contributed by atoms with Crippen LogP contribution in [0, 0.1) is 6.92 Å². The number of rotatable bonds is 10. The average Bonchev–Trinajstić information content (AvgIpc) is 2.76. The molecule has 2 rings (SSSR count). The maximum Gasteiger partial charge on any atom is 0.251 e. The minimum absolute atomic E-state index is 0.0571. The van der Waals surface area contributed by atoms with E-state index in [1.807, 2.05) is 55.4 Å². The summed E-state index contributed by atoms with van der Waals surface area (Å²) in [5, 5.41) is 9.58. The Bertz CT molecular complexity index is 880. The summed E-state index contributed by atoms with van der Waals surface area (Å²) in [6, 6.07) is 13.8. The van der Waals surface area contributed by atoms with Crippen LogP contribution in [0.3, 0.4) is 0 Å². The summed E-state index contributed by atoms with van der Waals surface area (Å²) in [7, 11) is 7.41. The third-order valence-corrected chi connectivity index (χ3v) is 4.84. The molecule has 0 unspecified atom stereocenters. The second kappa shape index (κ2) is 12.6. The fraction of sp³-hybridized carbons (Fsp3) is 0.417. The Kier molecular flexibility index (Phi) is 9.84. The SMILES string of the molecule is CN=C(NCCc1cc(C)ccc1OC)NCc1cccc(C(=O)NCCN(C)C)c1. The highest BCUT2D eigenvalue weighted by Crippen LogP contribution is 2.19. The van der Waals surface area contributed by atoms with Crippen LogP contribution in [-0.2, 0) is 13.0 Å². The first kappa shape index (κ1) is 24.2. The lowest BCUT2D eigenvalue weighted by molar-refractivity contribution is 0.0951. The molecule has 31 heavy (non-hydrogen) atoms. The minimum Gasteiger partial charge on any atom is -0.496 e. The number of hydrogen-bond donors (Lipinski definition) is 3. The summed E-state index contributed by atoms with van der Waals surface area (Å²) in [6.45, 7) is 4.81. The van der Waals surface area contributed by atoms with Gasteiger partial charge in [-0.1, -0.05) is 29.8 Å². The Hall–Kier alpha value is -3.06. The number of carbonyl (C=O) groups excluding carboxylic acids is 1. The van der Waals surface area contributed by atoms with Crippen molar-refractivity contribution in [1.82, 2.24) is 20.9 Å². The number of benzene rings is 2. The molecule has 3 N–H and O–H groups in total. The molecular formula is C24H35N5O2. The zero-order valence-electron chi connectivity index (χ0n) is 19.3. The fourth-order valence-corrected chi connectivity index (χ4v) is 3.14. The molecular weight excluding hydrogens is 390 g/mol. The van der Waals surface area contributed by atoms with E-state index in [2.05, 4.69) is 33.9 Å². The number of methoxy groups -OCH3 is 1. The Morgan fingerprint density at radius 2 is 1.87 bits per heavy atom. The van der Waals surface area contributed by atoms with Gasteiger partial charge < -0.3 is 25.6 Å². The maximum atomic E-state index is 12.3. The van der Waals surface area contributed by atoms with E-state index in [1.165, 1.54) is 11.1 Å². The molecule has 0 atom stereocenters. The molecule has 0 bridgehead atoms. The monoisotopic (exact) mass is 425 g/mol. The van der Waals surface area contributed by atoms with Crippen molar-refractivity contribution in [3.8, 4) is 5.75 Å². The number of aliphatic imine (C=N–C) groups is 1. The molecule has 0 aromatic heterocycles. The van der Waals surface area contributed by atoms with Gasteiger partial charge in [0.2, 0.25) is 0 Å². The standard InChI is InChI=1S/C24H35N5O2/c1-18-9-10-22(31-5)20(15-18)11-12-27-24(25-2)28-17-19-7-6-8-21(16-19)23(30)26-13-14-29(3)4/h6-10,15-16H,11-14,17H2,1-5H3,(H,26,30)(H2,25,27,28). The van der Waals surface area contributed by atoms with Gasteiger partial charge in [0.25, 0.3) is 5.91 Å². The first-order valence-electron chi connectivity index (χ1n) is 10.5. The predicted octanol–water partition coefficient (Wildman–Crippen LogP) is 2.20. The summed E-state index contributed by atoms with van der Waals surface area (Å²) in [5.41, 5.74) is 4.05. The summed E-state index contributed by atoms with van der Waals surface area (Å²) in [5.74, 6) is 1.56. The molecule has 2 aromatic rings. The molecule has 7 nitrogen and oxygen atoms in total. The number of aryl methyl sites for hydroxylation is 1. The van der Waals surface area contributed by atoms with Crippen molar-refractivity contribution in [2.45, 2.75) is 19.9 Å². The van der Waals surface area contributed by atoms with Gasteiger partial charge in [-0.25, -0.2) is 0 Å². The number of nitrogens with one attached hydrogen (secondary N) is 3. The molecule has 0 aliphatic carbocycles. The second-order valence-corrected chi connectivity index (χ2v) is 7.68. The Labute approximate surface area is 185 Å². The van der Waals surface area contributed by atoms with Crippen LogP contribution < -0.4 is 20.7 Å². The third-order valence-electron chi connectivity index (χ3n) is 4.84. The third kappa shape index (κ3) is 8.30. The number of hydrogen-bond acceptors (Lipinski definition) is 4. The van der Waals surface area contributed by atoms with Crippen molar-refractivity contribution in [3.63, 3.8) is 0 Å². The average molecular weight is 426 g/mol. The molecule has 0 heterocycles. The van der Waals surface area contributed by atoms with Crippen LogP contribution in [-0.4, -0.2) is 64.7 Å². The fourth-order valence-electron chi connectivity index (χ4n) is 3.14. The first-order valence-corrected chi connectivity index (χ1v) is 10.5. The smallest absolute Gasteiger partial charge is 0.251 e. The van der Waals surface area contributed by atoms with Gasteiger partial charge >= 0.3 is 0 Å². The van der Waals surface area contributed by atoms with Gasteiger partial charge in [-0.3, -0.25) is 9.79 Å². The lowest BCUT2D eigenvalue weighted by atomic mass is 10.1. The van der Waals surface area contributed by atoms with E-state index in [0.717, 1.165) is 30.8 Å². The van der Waals surface area contributed by atoms with E-state index in [0.29, 0.717) is 24.6 Å². The molecule has 0 saturated heterocycles. The highest BCUT2D eigenvalue weighted by atomic mass is 16.5. The number of carbonyl (C=O) groups is 1. The van der Waals surface area contributed by atoms with Gasteiger partial charge in [0, 0.05) is 38.8 Å². The molecule has 2 aromatic carbocycles.